The van der Waals surface area contributed by atoms with Gasteiger partial charge in [-0.2, -0.15) is 0 Å². The van der Waals surface area contributed by atoms with E-state index in [0.717, 1.165) is 25.5 Å². The first kappa shape index (κ1) is 15.3. The van der Waals surface area contributed by atoms with Crippen molar-refractivity contribution in [1.82, 2.24) is 0 Å². The molecule has 2 N–H and O–H groups in total. The second-order valence-corrected chi connectivity index (χ2v) is 7.40. The van der Waals surface area contributed by atoms with E-state index in [4.69, 9.17) is 10.5 Å². The number of rotatable bonds is 3. The van der Waals surface area contributed by atoms with Crippen molar-refractivity contribution < 1.29 is 17.5 Å². The molecule has 1 fully saturated rings. The van der Waals surface area contributed by atoms with Gasteiger partial charge in [0.1, 0.15) is 10.6 Å². The van der Waals surface area contributed by atoms with Crippen molar-refractivity contribution in [1.29, 1.82) is 0 Å². The van der Waals surface area contributed by atoms with Crippen LogP contribution >= 0.6 is 0 Å². The highest BCUT2D eigenvalue weighted by atomic mass is 32.2. The summed E-state index contributed by atoms with van der Waals surface area (Å²) in [4.78, 5) is -0.395. The average Bonchev–Trinajstić information content (AvgIpc) is 2.37. The molecular formula is C14H20FNO3S. The van der Waals surface area contributed by atoms with Crippen LogP contribution in [0, 0.1) is 5.82 Å². The molecule has 0 saturated heterocycles. The van der Waals surface area contributed by atoms with E-state index in [0.29, 0.717) is 12.8 Å². The predicted octanol–water partition coefficient (Wildman–Crippen LogP) is 2.36. The van der Waals surface area contributed by atoms with E-state index >= 15 is 0 Å². The molecule has 112 valence electrons. The number of benzene rings is 1. The quantitative estimate of drug-likeness (QED) is 0.930. The molecule has 0 unspecified atom stereocenters. The van der Waals surface area contributed by atoms with Gasteiger partial charge in [-0.05, 0) is 18.9 Å². The standard InChI is InChI=1S/C14H20FNO3S/c1-19-11-7-6-10(12(15)13(11)20(2,17)18)14(16)8-4-3-5-9-14/h6-7H,3-5,8-9,16H2,1-2H3. The Kier molecular flexibility index (Phi) is 4.07. The van der Waals surface area contributed by atoms with Gasteiger partial charge in [0, 0.05) is 17.4 Å². The highest BCUT2D eigenvalue weighted by Crippen LogP contribution is 2.39. The smallest absolute Gasteiger partial charge is 0.182 e. The summed E-state index contributed by atoms with van der Waals surface area (Å²) >= 11 is 0. The monoisotopic (exact) mass is 301 g/mol. The highest BCUT2D eigenvalue weighted by Gasteiger charge is 2.35. The number of halogens is 1. The zero-order chi connectivity index (χ0) is 15.0. The van der Waals surface area contributed by atoms with E-state index in [2.05, 4.69) is 0 Å². The fraction of sp³-hybridized carbons (Fsp3) is 0.571. The topological polar surface area (TPSA) is 69.4 Å². The molecule has 4 nitrogen and oxygen atoms in total. The summed E-state index contributed by atoms with van der Waals surface area (Å²) in [5.41, 5.74) is 5.80. The van der Waals surface area contributed by atoms with E-state index in [1.807, 2.05) is 0 Å². The van der Waals surface area contributed by atoms with Gasteiger partial charge in [0.15, 0.2) is 15.7 Å². The summed E-state index contributed by atoms with van der Waals surface area (Å²) in [5, 5.41) is 0. The largest absolute Gasteiger partial charge is 0.495 e. The molecule has 0 aliphatic heterocycles. The highest BCUT2D eigenvalue weighted by molar-refractivity contribution is 7.90. The van der Waals surface area contributed by atoms with Gasteiger partial charge in [-0.3, -0.25) is 0 Å². The lowest BCUT2D eigenvalue weighted by molar-refractivity contribution is 0.289. The van der Waals surface area contributed by atoms with Crippen LogP contribution in [0.15, 0.2) is 17.0 Å². The van der Waals surface area contributed by atoms with Crippen LogP contribution in [0.2, 0.25) is 0 Å². The Morgan fingerprint density at radius 2 is 1.85 bits per heavy atom. The summed E-state index contributed by atoms with van der Waals surface area (Å²) in [5.74, 6) is -0.746. The fourth-order valence-corrected chi connectivity index (χ4v) is 3.83. The Hall–Kier alpha value is -1.14. The first-order valence-electron chi connectivity index (χ1n) is 6.65. The van der Waals surface area contributed by atoms with Crippen molar-refractivity contribution in [3.8, 4) is 5.75 Å². The van der Waals surface area contributed by atoms with Crippen LogP contribution in [-0.4, -0.2) is 21.8 Å². The summed E-state index contributed by atoms with van der Waals surface area (Å²) in [6, 6.07) is 3.03. The van der Waals surface area contributed by atoms with Crippen molar-refractivity contribution in [3.63, 3.8) is 0 Å². The molecule has 1 aliphatic rings. The third kappa shape index (κ3) is 2.67. The first-order chi connectivity index (χ1) is 9.29. The van der Waals surface area contributed by atoms with Gasteiger partial charge in [-0.25, -0.2) is 12.8 Å². The first-order valence-corrected chi connectivity index (χ1v) is 8.54. The molecule has 1 aromatic rings. The maximum Gasteiger partial charge on any atom is 0.182 e. The Balaban J connectivity index is 2.62. The summed E-state index contributed by atoms with van der Waals surface area (Å²) in [7, 11) is -2.40. The molecule has 1 aromatic carbocycles. The van der Waals surface area contributed by atoms with Gasteiger partial charge < -0.3 is 10.5 Å². The van der Waals surface area contributed by atoms with Crippen LogP contribution in [0.25, 0.3) is 0 Å². The van der Waals surface area contributed by atoms with Gasteiger partial charge in [-0.15, -0.1) is 0 Å². The second kappa shape index (κ2) is 5.33. The molecule has 0 aromatic heterocycles. The molecule has 2 rings (SSSR count). The molecule has 1 saturated carbocycles. The van der Waals surface area contributed by atoms with Crippen LogP contribution in [-0.2, 0) is 15.4 Å². The Bertz CT molecular complexity index is 607. The maximum absolute atomic E-state index is 14.7. The van der Waals surface area contributed by atoms with Crippen LogP contribution in [0.4, 0.5) is 4.39 Å². The van der Waals surface area contributed by atoms with Crippen molar-refractivity contribution >= 4 is 9.84 Å². The number of nitrogens with two attached hydrogens (primary N) is 1. The minimum absolute atomic E-state index is 0.0214. The van der Waals surface area contributed by atoms with Gasteiger partial charge in [-0.1, -0.05) is 25.3 Å². The molecule has 0 atom stereocenters. The molecule has 6 heteroatoms. The SMILES string of the molecule is COc1ccc(C2(N)CCCCC2)c(F)c1S(C)(=O)=O. The molecule has 20 heavy (non-hydrogen) atoms. The molecule has 0 bridgehead atoms. The lowest BCUT2D eigenvalue weighted by Gasteiger charge is -2.34. The normalized spacial score (nSPS) is 18.8. The van der Waals surface area contributed by atoms with Crippen LogP contribution in [0.3, 0.4) is 0 Å². The van der Waals surface area contributed by atoms with Crippen molar-refractivity contribution in [2.45, 2.75) is 42.5 Å². The predicted molar refractivity (Wildman–Crippen MR) is 75.0 cm³/mol. The van der Waals surface area contributed by atoms with Crippen molar-refractivity contribution in [3.05, 3.63) is 23.5 Å². The van der Waals surface area contributed by atoms with Gasteiger partial charge in [0.05, 0.1) is 7.11 Å². The molecule has 0 heterocycles. The molecule has 0 amide bonds. The van der Waals surface area contributed by atoms with Crippen LogP contribution < -0.4 is 10.5 Å². The van der Waals surface area contributed by atoms with E-state index in [-0.39, 0.29) is 11.3 Å². The number of hydrogen-bond acceptors (Lipinski definition) is 4. The fourth-order valence-electron chi connectivity index (χ4n) is 2.88. The van der Waals surface area contributed by atoms with E-state index in [9.17, 15) is 12.8 Å². The van der Waals surface area contributed by atoms with Crippen molar-refractivity contribution in [2.75, 3.05) is 13.4 Å². The lowest BCUT2D eigenvalue weighted by Crippen LogP contribution is -2.39. The summed E-state index contributed by atoms with van der Waals surface area (Å²) in [6.45, 7) is 0. The summed E-state index contributed by atoms with van der Waals surface area (Å²) in [6.07, 6.45) is 5.24. The Morgan fingerprint density at radius 1 is 1.25 bits per heavy atom. The molecule has 0 spiro atoms. The minimum Gasteiger partial charge on any atom is -0.495 e. The number of ether oxygens (including phenoxy) is 1. The van der Waals surface area contributed by atoms with Gasteiger partial charge >= 0.3 is 0 Å². The number of methoxy groups -OCH3 is 1. The molecular weight excluding hydrogens is 281 g/mol. The van der Waals surface area contributed by atoms with E-state index in [1.54, 1.807) is 6.07 Å². The van der Waals surface area contributed by atoms with Crippen LogP contribution in [0.5, 0.6) is 5.75 Å². The van der Waals surface area contributed by atoms with E-state index in [1.165, 1.54) is 13.2 Å². The molecule has 1 aliphatic carbocycles. The van der Waals surface area contributed by atoms with Gasteiger partial charge in [0.2, 0.25) is 0 Å². The second-order valence-electron chi connectivity index (χ2n) is 5.45. The summed E-state index contributed by atoms with van der Waals surface area (Å²) < 4.78 is 43.3. The third-order valence-corrected chi connectivity index (χ3v) is 5.06. The molecule has 0 radical (unpaired) electrons. The van der Waals surface area contributed by atoms with Crippen molar-refractivity contribution in [2.24, 2.45) is 5.73 Å². The Morgan fingerprint density at radius 3 is 2.35 bits per heavy atom. The van der Waals surface area contributed by atoms with E-state index < -0.39 is 26.1 Å². The zero-order valence-corrected chi connectivity index (χ0v) is 12.6. The maximum atomic E-state index is 14.7. The lowest BCUT2D eigenvalue weighted by atomic mass is 9.77. The third-order valence-electron chi connectivity index (χ3n) is 3.93. The van der Waals surface area contributed by atoms with Gasteiger partial charge in [0.25, 0.3) is 0 Å². The minimum atomic E-state index is -3.72. The van der Waals surface area contributed by atoms with Crippen LogP contribution in [0.1, 0.15) is 37.7 Å². The number of sulfone groups is 1. The average molecular weight is 301 g/mol. The number of hydrogen-bond donors (Lipinski definition) is 1. The zero-order valence-electron chi connectivity index (χ0n) is 11.8. The Labute approximate surface area is 119 Å².